The first-order valence-electron chi connectivity index (χ1n) is 9.84. The molecule has 0 aliphatic heterocycles. The second-order valence-electron chi connectivity index (χ2n) is 7.74. The number of anilines is 1. The van der Waals surface area contributed by atoms with Crippen LogP contribution in [0.15, 0.2) is 46.9 Å². The maximum Gasteiger partial charge on any atom is 0.309 e. The largest absolute Gasteiger partial charge is 0.489 e. The Morgan fingerprint density at radius 3 is 2.48 bits per heavy atom. The number of methoxy groups -OCH3 is 1. The molecule has 1 fully saturated rings. The molecule has 3 atom stereocenters. The number of esters is 1. The van der Waals surface area contributed by atoms with Gasteiger partial charge in [-0.2, -0.15) is 0 Å². The van der Waals surface area contributed by atoms with Crippen molar-refractivity contribution in [3.05, 3.63) is 58.3 Å². The third kappa shape index (κ3) is 4.74. The first kappa shape index (κ1) is 21.6. The van der Waals surface area contributed by atoms with Gasteiger partial charge in [-0.3, -0.25) is 4.79 Å². The van der Waals surface area contributed by atoms with Crippen LogP contribution in [0.1, 0.15) is 38.2 Å². The molecule has 0 spiro atoms. The molecule has 156 valence electrons. The Balaban J connectivity index is 2.00. The zero-order valence-electron chi connectivity index (χ0n) is 17.2. The van der Waals surface area contributed by atoms with Crippen molar-refractivity contribution < 1.29 is 18.7 Å². The Morgan fingerprint density at radius 1 is 1.17 bits per heavy atom. The summed E-state index contributed by atoms with van der Waals surface area (Å²) in [6.07, 6.45) is 1.59. The third-order valence-corrected chi connectivity index (χ3v) is 6.03. The van der Waals surface area contributed by atoms with Crippen LogP contribution in [0.4, 0.5) is 10.1 Å². The van der Waals surface area contributed by atoms with E-state index < -0.39 is 0 Å². The number of carbonyl (C=O) groups excluding carboxylic acids is 1. The second-order valence-corrected chi connectivity index (χ2v) is 8.66. The third-order valence-electron chi connectivity index (χ3n) is 5.54. The monoisotopic (exact) mass is 463 g/mol. The average Bonchev–Trinajstić information content (AvgIpc) is 3.13. The Labute approximate surface area is 180 Å². The van der Waals surface area contributed by atoms with E-state index in [-0.39, 0.29) is 35.8 Å². The van der Waals surface area contributed by atoms with E-state index in [0.29, 0.717) is 0 Å². The number of benzene rings is 2. The molecule has 0 N–H and O–H groups in total. The Bertz CT molecular complexity index is 856. The molecule has 4 nitrogen and oxygen atoms in total. The van der Waals surface area contributed by atoms with E-state index in [0.717, 1.165) is 34.3 Å². The van der Waals surface area contributed by atoms with E-state index in [4.69, 9.17) is 9.47 Å². The van der Waals surface area contributed by atoms with E-state index >= 15 is 0 Å². The van der Waals surface area contributed by atoms with Crippen molar-refractivity contribution in [1.82, 2.24) is 0 Å². The summed E-state index contributed by atoms with van der Waals surface area (Å²) < 4.78 is 25.6. The van der Waals surface area contributed by atoms with Crippen LogP contribution in [0.5, 0.6) is 5.75 Å². The number of ether oxygens (including phenoxy) is 2. The van der Waals surface area contributed by atoms with Crippen LogP contribution in [-0.2, 0) is 9.53 Å². The molecule has 6 heteroatoms. The predicted molar refractivity (Wildman–Crippen MR) is 116 cm³/mol. The SMILES string of the molecule is COC(=O)C1CCC(N(C)c2cc(Br)ccc2OC(C)C)C1c1ccc(F)cc1. The van der Waals surface area contributed by atoms with Gasteiger partial charge in [0.1, 0.15) is 11.6 Å². The minimum atomic E-state index is -0.286. The predicted octanol–water partition coefficient (Wildman–Crippen LogP) is 5.55. The highest BCUT2D eigenvalue weighted by molar-refractivity contribution is 9.10. The first-order chi connectivity index (χ1) is 13.8. The van der Waals surface area contributed by atoms with Crippen LogP contribution in [0.25, 0.3) is 0 Å². The summed E-state index contributed by atoms with van der Waals surface area (Å²) in [5, 5.41) is 0. The Kier molecular flexibility index (Phi) is 6.83. The molecule has 1 saturated carbocycles. The molecular weight excluding hydrogens is 437 g/mol. The van der Waals surface area contributed by atoms with Gasteiger partial charge in [0, 0.05) is 23.5 Å². The van der Waals surface area contributed by atoms with Gasteiger partial charge in [-0.1, -0.05) is 28.1 Å². The highest BCUT2D eigenvalue weighted by Gasteiger charge is 2.44. The van der Waals surface area contributed by atoms with Crippen LogP contribution >= 0.6 is 15.9 Å². The van der Waals surface area contributed by atoms with E-state index in [1.54, 1.807) is 12.1 Å². The lowest BCUT2D eigenvalue weighted by atomic mass is 9.86. The van der Waals surface area contributed by atoms with Crippen LogP contribution in [0.2, 0.25) is 0 Å². The average molecular weight is 464 g/mol. The van der Waals surface area contributed by atoms with E-state index in [1.807, 2.05) is 39.1 Å². The Morgan fingerprint density at radius 2 is 1.86 bits per heavy atom. The van der Waals surface area contributed by atoms with Crippen molar-refractivity contribution in [2.75, 3.05) is 19.1 Å². The van der Waals surface area contributed by atoms with Crippen molar-refractivity contribution in [3.63, 3.8) is 0 Å². The van der Waals surface area contributed by atoms with Gasteiger partial charge in [0.15, 0.2) is 0 Å². The topological polar surface area (TPSA) is 38.8 Å². The molecule has 0 saturated heterocycles. The van der Waals surface area contributed by atoms with Crippen LogP contribution in [0.3, 0.4) is 0 Å². The summed E-state index contributed by atoms with van der Waals surface area (Å²) in [7, 11) is 3.44. The van der Waals surface area contributed by atoms with Gasteiger partial charge in [0.25, 0.3) is 0 Å². The number of rotatable bonds is 6. The van der Waals surface area contributed by atoms with Crippen LogP contribution < -0.4 is 9.64 Å². The molecule has 0 heterocycles. The van der Waals surface area contributed by atoms with E-state index in [1.165, 1.54) is 19.2 Å². The summed E-state index contributed by atoms with van der Waals surface area (Å²) in [6.45, 7) is 3.99. The lowest BCUT2D eigenvalue weighted by Crippen LogP contribution is -2.37. The number of hydrogen-bond acceptors (Lipinski definition) is 4. The zero-order chi connectivity index (χ0) is 21.1. The van der Waals surface area contributed by atoms with Crippen molar-refractivity contribution >= 4 is 27.6 Å². The van der Waals surface area contributed by atoms with Crippen molar-refractivity contribution in [2.45, 2.75) is 44.8 Å². The lowest BCUT2D eigenvalue weighted by molar-refractivity contribution is -0.145. The van der Waals surface area contributed by atoms with E-state index in [2.05, 4.69) is 20.8 Å². The molecule has 0 amide bonds. The highest BCUT2D eigenvalue weighted by Crippen LogP contribution is 2.45. The normalized spacial score (nSPS) is 21.3. The standard InChI is InChI=1S/C23H27BrFNO3/c1-14(2)29-21-12-7-16(24)13-20(21)26(3)19-11-10-18(23(27)28-4)22(19)15-5-8-17(25)9-6-15/h5-9,12-14,18-19,22H,10-11H2,1-4H3. The smallest absolute Gasteiger partial charge is 0.309 e. The molecule has 3 rings (SSSR count). The van der Waals surface area contributed by atoms with Gasteiger partial charge in [0.2, 0.25) is 0 Å². The van der Waals surface area contributed by atoms with Gasteiger partial charge in [-0.15, -0.1) is 0 Å². The number of likely N-dealkylation sites (N-methyl/N-ethyl adjacent to an activating group) is 1. The molecule has 2 aromatic carbocycles. The first-order valence-corrected chi connectivity index (χ1v) is 10.6. The maximum absolute atomic E-state index is 13.5. The molecule has 1 aliphatic rings. The summed E-state index contributed by atoms with van der Waals surface area (Å²) in [6, 6.07) is 12.4. The lowest BCUT2D eigenvalue weighted by Gasteiger charge is -2.34. The maximum atomic E-state index is 13.5. The van der Waals surface area contributed by atoms with Gasteiger partial charge < -0.3 is 14.4 Å². The highest BCUT2D eigenvalue weighted by atomic mass is 79.9. The number of halogens is 2. The molecule has 1 aliphatic carbocycles. The van der Waals surface area contributed by atoms with E-state index in [9.17, 15) is 9.18 Å². The molecule has 2 aromatic rings. The molecule has 0 radical (unpaired) electrons. The fraction of sp³-hybridized carbons (Fsp3) is 0.435. The summed E-state index contributed by atoms with van der Waals surface area (Å²) in [5.74, 6) is -0.0717. The minimum Gasteiger partial charge on any atom is -0.489 e. The summed E-state index contributed by atoms with van der Waals surface area (Å²) >= 11 is 3.56. The van der Waals surface area contributed by atoms with Crippen molar-refractivity contribution in [3.8, 4) is 5.75 Å². The van der Waals surface area contributed by atoms with Gasteiger partial charge in [0.05, 0.1) is 24.8 Å². The number of nitrogens with zero attached hydrogens (tertiary/aromatic N) is 1. The number of hydrogen-bond donors (Lipinski definition) is 0. The van der Waals surface area contributed by atoms with Gasteiger partial charge in [-0.25, -0.2) is 4.39 Å². The zero-order valence-corrected chi connectivity index (χ0v) is 18.8. The quantitative estimate of drug-likeness (QED) is 0.526. The molecular formula is C23H27BrFNO3. The Hall–Kier alpha value is -2.08. The fourth-order valence-corrected chi connectivity index (χ4v) is 4.61. The van der Waals surface area contributed by atoms with Gasteiger partial charge >= 0.3 is 5.97 Å². The molecule has 3 unspecified atom stereocenters. The molecule has 0 bridgehead atoms. The van der Waals surface area contributed by atoms with Crippen LogP contribution in [-0.4, -0.2) is 32.3 Å². The second kappa shape index (κ2) is 9.16. The fourth-order valence-electron chi connectivity index (χ4n) is 4.27. The summed E-state index contributed by atoms with van der Waals surface area (Å²) in [4.78, 5) is 14.7. The van der Waals surface area contributed by atoms with Crippen molar-refractivity contribution in [1.29, 1.82) is 0 Å². The summed E-state index contributed by atoms with van der Waals surface area (Å²) in [5.41, 5.74) is 1.90. The number of carbonyl (C=O) groups is 1. The van der Waals surface area contributed by atoms with Gasteiger partial charge in [-0.05, 0) is 62.6 Å². The molecule has 29 heavy (non-hydrogen) atoms. The minimum absolute atomic E-state index is 0.0441. The molecule has 0 aromatic heterocycles. The van der Waals surface area contributed by atoms with Crippen molar-refractivity contribution in [2.24, 2.45) is 5.92 Å². The van der Waals surface area contributed by atoms with Crippen LogP contribution in [0, 0.1) is 11.7 Å².